The van der Waals surface area contributed by atoms with Crippen LogP contribution in [0.25, 0.3) is 28.1 Å². The van der Waals surface area contributed by atoms with Crippen molar-refractivity contribution in [1.82, 2.24) is 20.7 Å². The van der Waals surface area contributed by atoms with Crippen LogP contribution in [0.3, 0.4) is 0 Å². The third kappa shape index (κ3) is 9.54. The number of amides is 2. The number of rotatable bonds is 17. The summed E-state index contributed by atoms with van der Waals surface area (Å²) in [5.74, 6) is -5.58. The van der Waals surface area contributed by atoms with Gasteiger partial charge in [0.2, 0.25) is 15.9 Å². The van der Waals surface area contributed by atoms with Crippen molar-refractivity contribution in [3.63, 3.8) is 0 Å². The average Bonchev–Trinajstić information content (AvgIpc) is 3.89. The molecule has 5 rings (SSSR count). The molecule has 272 valence electrons. The molecule has 16 heteroatoms. The van der Waals surface area contributed by atoms with Gasteiger partial charge in [0.05, 0.1) is 31.0 Å². The van der Waals surface area contributed by atoms with Crippen LogP contribution >= 0.6 is 0 Å². The number of fused-ring (bicyclic) bond motifs is 1. The SMILES string of the molecule is CNC(=O)c1c(-c2ccc(F)cc2)oc2cc(CS(=O)(=O)NCC(=O)CNCC(=O)NCc3cccc(/C(O)=C/C(=O)C(=O)O)c3)c(C3CC3)cc12. The number of carbonyl (C=O) groups is 5. The normalized spacial score (nSPS) is 13.2. The lowest BCUT2D eigenvalue weighted by Crippen LogP contribution is -2.39. The van der Waals surface area contributed by atoms with E-state index in [4.69, 9.17) is 9.52 Å². The molecule has 0 bridgehead atoms. The number of carboxylic acid groups (broad SMARTS) is 1. The summed E-state index contributed by atoms with van der Waals surface area (Å²) in [4.78, 5) is 59.7. The van der Waals surface area contributed by atoms with E-state index in [1.54, 1.807) is 24.3 Å². The van der Waals surface area contributed by atoms with Crippen LogP contribution in [0.5, 0.6) is 0 Å². The summed E-state index contributed by atoms with van der Waals surface area (Å²) in [7, 11) is -2.54. The highest BCUT2D eigenvalue weighted by Crippen LogP contribution is 2.45. The smallest absolute Gasteiger partial charge is 0.376 e. The van der Waals surface area contributed by atoms with Crippen LogP contribution < -0.4 is 20.7 Å². The Morgan fingerprint density at radius 1 is 0.962 bits per heavy atom. The van der Waals surface area contributed by atoms with Crippen molar-refractivity contribution < 1.29 is 51.4 Å². The monoisotopic (exact) mass is 734 g/mol. The van der Waals surface area contributed by atoms with Crippen LogP contribution in [0, 0.1) is 5.82 Å². The summed E-state index contributed by atoms with van der Waals surface area (Å²) in [6.45, 7) is -1.07. The molecule has 4 aromatic rings. The van der Waals surface area contributed by atoms with Crippen LogP contribution in [-0.4, -0.2) is 74.7 Å². The minimum Gasteiger partial charge on any atom is -0.507 e. The Hall–Kier alpha value is -5.71. The van der Waals surface area contributed by atoms with Gasteiger partial charge in [-0.15, -0.1) is 0 Å². The first kappa shape index (κ1) is 37.5. The van der Waals surface area contributed by atoms with Gasteiger partial charge in [-0.1, -0.05) is 18.2 Å². The van der Waals surface area contributed by atoms with Crippen molar-refractivity contribution in [2.75, 3.05) is 26.7 Å². The molecule has 6 N–H and O–H groups in total. The third-order valence-corrected chi connectivity index (χ3v) is 9.44. The summed E-state index contributed by atoms with van der Waals surface area (Å²) in [6, 6.07) is 14.9. The fraction of sp³-hybridized carbons (Fsp3) is 0.250. The van der Waals surface area contributed by atoms with Gasteiger partial charge >= 0.3 is 5.97 Å². The molecular weight excluding hydrogens is 699 g/mol. The molecule has 0 aliphatic heterocycles. The number of aliphatic hydroxyl groups is 1. The number of hydrogen-bond donors (Lipinski definition) is 6. The van der Waals surface area contributed by atoms with Crippen LogP contribution in [0.2, 0.25) is 0 Å². The van der Waals surface area contributed by atoms with Gasteiger partial charge in [-0.05, 0) is 77.9 Å². The highest BCUT2D eigenvalue weighted by molar-refractivity contribution is 7.88. The van der Waals surface area contributed by atoms with Crippen LogP contribution in [-0.2, 0) is 41.5 Å². The summed E-state index contributed by atoms with van der Waals surface area (Å²) in [6.07, 6.45) is 2.25. The first-order chi connectivity index (χ1) is 24.7. The molecule has 0 saturated heterocycles. The van der Waals surface area contributed by atoms with Crippen LogP contribution in [0.4, 0.5) is 4.39 Å². The molecule has 1 aliphatic carbocycles. The first-order valence-electron chi connectivity index (χ1n) is 16.1. The molecular formula is C36H35FN4O10S. The average molecular weight is 735 g/mol. The Morgan fingerprint density at radius 2 is 1.69 bits per heavy atom. The lowest BCUT2D eigenvalue weighted by Gasteiger charge is -2.12. The van der Waals surface area contributed by atoms with Crippen molar-refractivity contribution in [2.24, 2.45) is 0 Å². The molecule has 3 aromatic carbocycles. The van der Waals surface area contributed by atoms with Crippen molar-refractivity contribution >= 4 is 56.1 Å². The number of Topliss-reactive ketones (excluding diaryl/α,β-unsaturated/α-hetero) is 1. The molecule has 0 unspecified atom stereocenters. The highest BCUT2D eigenvalue weighted by atomic mass is 32.2. The van der Waals surface area contributed by atoms with E-state index < -0.39 is 63.2 Å². The second-order valence-electron chi connectivity index (χ2n) is 12.1. The second-order valence-corrected chi connectivity index (χ2v) is 13.9. The predicted molar refractivity (Wildman–Crippen MR) is 187 cm³/mol. The van der Waals surface area contributed by atoms with Gasteiger partial charge in [-0.25, -0.2) is 22.3 Å². The minimum absolute atomic E-state index is 0.0234. The molecule has 0 radical (unpaired) electrons. The summed E-state index contributed by atoms with van der Waals surface area (Å²) in [5.41, 5.74) is 2.92. The lowest BCUT2D eigenvalue weighted by atomic mass is 9.98. The van der Waals surface area contributed by atoms with Crippen molar-refractivity contribution in [1.29, 1.82) is 0 Å². The number of ketones is 2. The fourth-order valence-electron chi connectivity index (χ4n) is 5.45. The fourth-order valence-corrected chi connectivity index (χ4v) is 6.60. The second kappa shape index (κ2) is 16.1. The minimum atomic E-state index is -4.02. The van der Waals surface area contributed by atoms with E-state index >= 15 is 0 Å². The zero-order valence-electron chi connectivity index (χ0n) is 27.8. The molecule has 1 saturated carbocycles. The molecule has 1 aliphatic rings. The van der Waals surface area contributed by atoms with Gasteiger partial charge in [0.15, 0.2) is 5.78 Å². The number of carbonyl (C=O) groups excluding carboxylic acids is 4. The Bertz CT molecular complexity index is 2190. The highest BCUT2D eigenvalue weighted by Gasteiger charge is 2.31. The van der Waals surface area contributed by atoms with E-state index in [1.807, 2.05) is 0 Å². The summed E-state index contributed by atoms with van der Waals surface area (Å²) < 4.78 is 48.2. The van der Waals surface area contributed by atoms with Crippen LogP contribution in [0.1, 0.15) is 51.4 Å². The molecule has 1 fully saturated rings. The van der Waals surface area contributed by atoms with Crippen molar-refractivity contribution in [2.45, 2.75) is 31.1 Å². The molecule has 1 aromatic heterocycles. The molecule has 0 spiro atoms. The summed E-state index contributed by atoms with van der Waals surface area (Å²) in [5, 5.41) is 27.1. The number of aliphatic hydroxyl groups excluding tert-OH is 1. The molecule has 0 atom stereocenters. The summed E-state index contributed by atoms with van der Waals surface area (Å²) >= 11 is 0. The number of halogens is 1. The number of carboxylic acids is 1. The number of aliphatic carboxylic acids is 1. The molecule has 1 heterocycles. The number of hydrogen-bond acceptors (Lipinski definition) is 10. The number of nitrogens with one attached hydrogen (secondary N) is 4. The third-order valence-electron chi connectivity index (χ3n) is 8.16. The van der Waals surface area contributed by atoms with Gasteiger partial charge in [-0.2, -0.15) is 0 Å². The zero-order valence-corrected chi connectivity index (χ0v) is 28.6. The Morgan fingerprint density at radius 3 is 2.37 bits per heavy atom. The number of benzene rings is 3. The largest absolute Gasteiger partial charge is 0.507 e. The maximum atomic E-state index is 13.6. The lowest BCUT2D eigenvalue weighted by molar-refractivity contribution is -0.146. The standard InChI is InChI=1S/C36H35FN4O10S/c1-38-35(46)33-28-13-27(21-5-6-21)24(12-31(28)51-34(33)22-7-9-25(37)10-8-22)19-52(49,50)41-17-26(42)16-39-18-32(45)40-15-20-3-2-4-23(11-20)29(43)14-30(44)36(47)48/h2-4,7-14,21,39,41,43H,5-6,15-19H2,1H3,(H,38,46)(H,40,45)(H,47,48)/b29-14-. The van der Waals surface area contributed by atoms with Gasteiger partial charge in [0.1, 0.15) is 22.9 Å². The predicted octanol–water partition coefficient (Wildman–Crippen LogP) is 2.92. The van der Waals surface area contributed by atoms with E-state index in [0.717, 1.165) is 18.4 Å². The van der Waals surface area contributed by atoms with Crippen molar-refractivity contribution in [3.8, 4) is 11.3 Å². The van der Waals surface area contributed by atoms with Gasteiger partial charge in [0.25, 0.3) is 11.7 Å². The van der Waals surface area contributed by atoms with E-state index in [1.165, 1.54) is 43.4 Å². The van der Waals surface area contributed by atoms with Crippen molar-refractivity contribution in [3.05, 3.63) is 100 Å². The van der Waals surface area contributed by atoms with Gasteiger partial charge in [0, 0.05) is 36.2 Å². The van der Waals surface area contributed by atoms with E-state index in [9.17, 15) is 41.9 Å². The quantitative estimate of drug-likeness (QED) is 0.0526. The van der Waals surface area contributed by atoms with E-state index in [0.29, 0.717) is 28.2 Å². The molecule has 2 amide bonds. The Labute approximate surface area is 297 Å². The molecule has 52 heavy (non-hydrogen) atoms. The van der Waals surface area contributed by atoms with Crippen LogP contribution in [0.15, 0.2) is 71.2 Å². The maximum absolute atomic E-state index is 13.6. The first-order valence-corrected chi connectivity index (χ1v) is 17.7. The maximum Gasteiger partial charge on any atom is 0.376 e. The van der Waals surface area contributed by atoms with Gasteiger partial charge in [-0.3, -0.25) is 19.2 Å². The van der Waals surface area contributed by atoms with E-state index in [-0.39, 0.29) is 48.0 Å². The number of sulfonamides is 1. The van der Waals surface area contributed by atoms with Gasteiger partial charge < -0.3 is 30.6 Å². The Balaban J connectivity index is 1.16. The molecule has 14 nitrogen and oxygen atoms in total. The number of furan rings is 1. The Kier molecular flexibility index (Phi) is 11.6. The van der Waals surface area contributed by atoms with E-state index in [2.05, 4.69) is 20.7 Å². The topological polar surface area (TPSA) is 221 Å². The zero-order chi connectivity index (χ0) is 37.6.